The number of carbonyl (C=O) groups is 4. The van der Waals surface area contributed by atoms with Crippen LogP contribution in [0, 0.1) is 198 Å². The topological polar surface area (TPSA) is 109 Å². The fourth-order valence-electron chi connectivity index (χ4n) is 37.8. The van der Waals surface area contributed by atoms with E-state index < -0.39 is 11.9 Å². The molecule has 0 radical (unpaired) electrons. The first-order chi connectivity index (χ1) is 51.9. The van der Waals surface area contributed by atoms with E-state index in [-0.39, 0.29) is 11.3 Å². The molecule has 0 spiro atoms. The molecule has 0 aromatic heterocycles. The van der Waals surface area contributed by atoms with Gasteiger partial charge in [-0.05, 0) is 443 Å². The highest BCUT2D eigenvalue weighted by molar-refractivity contribution is 5.91. The van der Waals surface area contributed by atoms with Gasteiger partial charge in [0.2, 0.25) is 0 Å². The normalized spacial score (nSPS) is 51.5. The Morgan fingerprint density at radius 1 is 0.389 bits per heavy atom. The van der Waals surface area contributed by atoms with Gasteiger partial charge in [0.1, 0.15) is 5.78 Å². The minimum atomic E-state index is -0.608. The highest BCUT2D eigenvalue weighted by Gasteiger charge is 2.64. The van der Waals surface area contributed by atoms with Crippen molar-refractivity contribution in [3.63, 3.8) is 0 Å². The summed E-state index contributed by atoms with van der Waals surface area (Å²) in [5, 5.41) is 18.7. The fraction of sp³-hybridized carbons (Fsp3) is 0.941. The van der Waals surface area contributed by atoms with Gasteiger partial charge < -0.3 is 10.2 Å². The van der Waals surface area contributed by atoms with Crippen molar-refractivity contribution in [2.24, 2.45) is 198 Å². The summed E-state index contributed by atoms with van der Waals surface area (Å²) < 4.78 is 0. The van der Waals surface area contributed by atoms with Gasteiger partial charge in [0.25, 0.3) is 0 Å². The number of fused-ring (bicyclic) bond motifs is 25. The van der Waals surface area contributed by atoms with E-state index in [0.717, 1.165) is 160 Å². The zero-order valence-corrected chi connectivity index (χ0v) is 71.5. The number of allylic oxidation sites excluding steroid dienone is 1. The summed E-state index contributed by atoms with van der Waals surface area (Å²) in [6.07, 6.45) is 75.6. The lowest BCUT2D eigenvalue weighted by atomic mass is 9.44. The smallest absolute Gasteiger partial charge is 0.306 e. The molecule has 0 aromatic carbocycles. The molecule has 6 heteroatoms. The van der Waals surface area contributed by atoms with Crippen molar-refractivity contribution in [2.75, 3.05) is 0 Å². The molecule has 20 rings (SSSR count). The molecule has 19 saturated carbocycles. The van der Waals surface area contributed by atoms with Crippen LogP contribution in [0.5, 0.6) is 0 Å². The molecule has 34 atom stereocenters. The fourth-order valence-corrected chi connectivity index (χ4v) is 37.8. The number of hydrogen-bond acceptors (Lipinski definition) is 4. The first-order valence-corrected chi connectivity index (χ1v) is 49.1. The van der Waals surface area contributed by atoms with Crippen molar-refractivity contribution in [1.29, 1.82) is 0 Å². The maximum Gasteiger partial charge on any atom is 0.306 e. The van der Waals surface area contributed by atoms with Gasteiger partial charge in [0, 0.05) is 18.8 Å². The summed E-state index contributed by atoms with van der Waals surface area (Å²) >= 11 is 0. The van der Waals surface area contributed by atoms with E-state index in [0.29, 0.717) is 69.7 Å². The summed E-state index contributed by atoms with van der Waals surface area (Å²) in [4.78, 5) is 46.5. The second-order valence-electron chi connectivity index (χ2n) is 46.1. The molecule has 3 unspecified atom stereocenters. The molecule has 20 aliphatic rings. The van der Waals surface area contributed by atoms with E-state index in [9.17, 15) is 29.4 Å². The van der Waals surface area contributed by atoms with Crippen LogP contribution in [0.2, 0.25) is 0 Å². The Bertz CT molecular complexity index is 3200. The first-order valence-electron chi connectivity index (χ1n) is 49.1. The second kappa shape index (κ2) is 31.8. The van der Waals surface area contributed by atoms with Gasteiger partial charge in [-0.3, -0.25) is 19.2 Å². The van der Waals surface area contributed by atoms with Crippen LogP contribution in [0.3, 0.4) is 0 Å². The molecule has 0 saturated heterocycles. The average molecular weight is 1490 g/mol. The standard InChI is InChI=1S/C23H38O2.C21H34O2.C20H28O2.C20H34.C18H30/c1-15(14-21(24)25)18-9-10-19-17-8-7-16-6-4-5-12-22(16,2)20(17)11-13-23(18,19)3;1-13(20(22)23)15-8-9-17-16(15)10-11-19-18(17)7-6-14-5-3-4-12-21(14,19)2;1-12(21)15-5-6-17-16(15)7-8-19-18(17)4-3-13-11-14(22)9-10-20(13,19)2;1-3-20-13-6-8-18(20)16-10-9-15-7-4-5-12-19(15,2)17(16)11-14-20;1-18-12-3-2-6-14(18)9-10-16-15-7-4-5-13(15)8-11-17(16)18/h15-20H,4-14H2,1-3H3,(H,24,25);13-19H,3-12H2,1-2H3,(H,22,23);11,15-19H,3-10H2,1-2H3;15-18H,3-14H2,1-2H3;13-17H,2-12H2,1H3/t15-,16+,17?,18-,19?,20?,22+,23-;13-,14-,15-,16-,17-,18+,19+,21+;15-,16-,17-,18+,19+,20+;15-,16-,17+,18+,19+,20+;13-,14+,15+,16-,17-,18-/m11110/s1. The Labute approximate surface area is 661 Å². The molecule has 0 aromatic rings. The Morgan fingerprint density at radius 2 is 0.870 bits per heavy atom. The van der Waals surface area contributed by atoms with Crippen LogP contribution in [-0.4, -0.2) is 33.7 Å². The predicted octanol–water partition coefficient (Wildman–Crippen LogP) is 27.5. The number of carbonyl (C=O) groups excluding carboxylic acids is 2. The van der Waals surface area contributed by atoms with E-state index in [1.807, 2.05) is 13.0 Å². The molecule has 0 amide bonds. The lowest BCUT2D eigenvalue weighted by Crippen LogP contribution is -2.53. The number of ketones is 2. The molecular weight excluding hydrogens is 1320 g/mol. The van der Waals surface area contributed by atoms with Crippen molar-refractivity contribution in [3.8, 4) is 0 Å². The van der Waals surface area contributed by atoms with Gasteiger partial charge in [-0.25, -0.2) is 0 Å². The first kappa shape index (κ1) is 79.8. The molecular formula is C102H164O6. The summed E-state index contributed by atoms with van der Waals surface area (Å²) in [6.45, 7) is 24.1. The van der Waals surface area contributed by atoms with Crippen LogP contribution in [0.4, 0.5) is 0 Å². The largest absolute Gasteiger partial charge is 0.481 e. The third kappa shape index (κ3) is 14.0. The van der Waals surface area contributed by atoms with Crippen LogP contribution in [-0.2, 0) is 19.2 Å². The SMILES string of the molecule is CC(=O)[C@H]1CC[C@@H]2[C@@H]1CC[C@H]1[C@H]2CCC2=CC(=O)CC[C@@]21C.CC[C@@]12CCC[C@H]1[C@@H]1CC[C@H]3CCCC[C@]3(C)[C@H]1CC2.C[C@@H](C(=O)O)[C@H]1CC[C@@H]2[C@@H]1CC[C@H]1[C@H]2CC[C@H]2CCCC[C@@]21C.C[C@H](CC(=O)O)[C@H]1CCC2C3CC[C@@H]4CCCC[C@]4(C)C3CC[C@@]21C.C[C@]12CCCC[C@@H]1CC[C@H]1[C@@H]3CCC[C@H]3CC[C@@H]12. The van der Waals surface area contributed by atoms with E-state index in [2.05, 4.69) is 55.4 Å². The lowest BCUT2D eigenvalue weighted by molar-refractivity contribution is -0.144. The molecule has 6 nitrogen and oxygen atoms in total. The summed E-state index contributed by atoms with van der Waals surface area (Å²) in [5.41, 5.74) is 5.65. The maximum atomic E-state index is 11.9. The predicted molar refractivity (Wildman–Crippen MR) is 441 cm³/mol. The average Bonchev–Trinajstić information content (AvgIpc) is 1.42. The van der Waals surface area contributed by atoms with Gasteiger partial charge in [0.05, 0.1) is 5.92 Å². The van der Waals surface area contributed by atoms with Crippen molar-refractivity contribution in [3.05, 3.63) is 11.6 Å². The third-order valence-corrected chi connectivity index (χ3v) is 43.2. The number of carboxylic acid groups (broad SMARTS) is 2. The highest BCUT2D eigenvalue weighted by Crippen LogP contribution is 2.72. The van der Waals surface area contributed by atoms with Gasteiger partial charge in [-0.2, -0.15) is 0 Å². The Hall–Kier alpha value is -1.98. The van der Waals surface area contributed by atoms with Gasteiger partial charge in [0.15, 0.2) is 5.78 Å². The third-order valence-electron chi connectivity index (χ3n) is 43.2. The Morgan fingerprint density at radius 3 is 1.45 bits per heavy atom. The number of hydrogen-bond donors (Lipinski definition) is 2. The molecule has 2 N–H and O–H groups in total. The molecule has 0 aliphatic heterocycles. The molecule has 20 aliphatic carbocycles. The maximum absolute atomic E-state index is 11.9. The second-order valence-corrected chi connectivity index (χ2v) is 46.1. The van der Waals surface area contributed by atoms with Gasteiger partial charge in [-0.15, -0.1) is 0 Å². The minimum Gasteiger partial charge on any atom is -0.481 e. The van der Waals surface area contributed by atoms with E-state index in [1.54, 1.807) is 122 Å². The van der Waals surface area contributed by atoms with Crippen LogP contribution in [0.1, 0.15) is 403 Å². The van der Waals surface area contributed by atoms with Crippen molar-refractivity contribution in [1.82, 2.24) is 0 Å². The van der Waals surface area contributed by atoms with Crippen LogP contribution in [0.15, 0.2) is 11.6 Å². The number of carboxylic acids is 2. The van der Waals surface area contributed by atoms with Crippen LogP contribution in [0.25, 0.3) is 0 Å². The van der Waals surface area contributed by atoms with Crippen molar-refractivity contribution >= 4 is 23.5 Å². The lowest BCUT2D eigenvalue weighted by Gasteiger charge is -2.60. The minimum absolute atomic E-state index is 0.136. The number of aliphatic carboxylic acids is 2. The molecule has 0 bridgehead atoms. The molecule has 0 heterocycles. The zero-order valence-electron chi connectivity index (χ0n) is 71.5. The van der Waals surface area contributed by atoms with Crippen LogP contribution < -0.4 is 0 Å². The zero-order chi connectivity index (χ0) is 75.5. The molecule has 19 fully saturated rings. The van der Waals surface area contributed by atoms with E-state index in [1.165, 1.54) is 192 Å². The Balaban J connectivity index is 0.000000103. The molecule has 108 heavy (non-hydrogen) atoms. The number of rotatable bonds is 7. The monoisotopic (exact) mass is 1490 g/mol. The van der Waals surface area contributed by atoms with Crippen LogP contribution >= 0.6 is 0 Å². The highest BCUT2D eigenvalue weighted by atomic mass is 16.4. The van der Waals surface area contributed by atoms with Gasteiger partial charge >= 0.3 is 11.9 Å². The van der Waals surface area contributed by atoms with E-state index in [4.69, 9.17) is 0 Å². The van der Waals surface area contributed by atoms with Gasteiger partial charge in [-0.1, -0.05) is 145 Å². The van der Waals surface area contributed by atoms with Crippen molar-refractivity contribution < 1.29 is 29.4 Å². The Kier molecular flexibility index (Phi) is 23.5. The van der Waals surface area contributed by atoms with E-state index >= 15 is 0 Å². The van der Waals surface area contributed by atoms with Crippen molar-refractivity contribution in [2.45, 2.75) is 403 Å². The molecule has 608 valence electrons. The summed E-state index contributed by atoms with van der Waals surface area (Å²) in [6, 6.07) is 0. The summed E-state index contributed by atoms with van der Waals surface area (Å²) in [7, 11) is 0. The summed E-state index contributed by atoms with van der Waals surface area (Å²) in [5.74, 6) is 22.5. The quantitative estimate of drug-likeness (QED) is 0.263. The number of Topliss-reactive ketones (excluding diaryl/α,β-unsaturated/α-hetero) is 1.